The minimum atomic E-state index is -0.494. The van der Waals surface area contributed by atoms with Gasteiger partial charge in [-0.2, -0.15) is 0 Å². The standard InChI is InChI=1S/C18H27FN2O2/c1-6-21(15-7-11(2)20-12(3)8-15)17-10-14(19)9-16(13(17)4)18(22)23-5/h9-12,15,20H,6-8H2,1-5H3/t11-,12?,15?/m1/s1. The zero-order chi connectivity index (χ0) is 17.1. The smallest absolute Gasteiger partial charge is 0.338 e. The lowest BCUT2D eigenvalue weighted by atomic mass is 9.92. The number of nitrogens with one attached hydrogen (secondary N) is 1. The summed E-state index contributed by atoms with van der Waals surface area (Å²) in [6.07, 6.45) is 2.00. The van der Waals surface area contributed by atoms with Crippen LogP contribution in [0.4, 0.5) is 10.1 Å². The van der Waals surface area contributed by atoms with Crippen molar-refractivity contribution in [1.29, 1.82) is 0 Å². The number of hydrogen-bond donors (Lipinski definition) is 1. The van der Waals surface area contributed by atoms with Crippen LogP contribution >= 0.6 is 0 Å². The molecule has 0 radical (unpaired) electrons. The zero-order valence-electron chi connectivity index (χ0n) is 14.6. The van der Waals surface area contributed by atoms with E-state index in [4.69, 9.17) is 4.74 Å². The lowest BCUT2D eigenvalue weighted by Crippen LogP contribution is -2.51. The van der Waals surface area contributed by atoms with E-state index in [2.05, 4.69) is 31.0 Å². The normalized spacial score (nSPS) is 24.3. The number of carbonyl (C=O) groups excluding carboxylic acids is 1. The van der Waals surface area contributed by atoms with Gasteiger partial charge in [-0.1, -0.05) is 0 Å². The highest BCUT2D eigenvalue weighted by atomic mass is 19.1. The summed E-state index contributed by atoms with van der Waals surface area (Å²) in [6, 6.07) is 3.96. The summed E-state index contributed by atoms with van der Waals surface area (Å²) in [4.78, 5) is 14.1. The van der Waals surface area contributed by atoms with Crippen LogP contribution in [0.3, 0.4) is 0 Å². The Kier molecular flexibility index (Phi) is 5.63. The van der Waals surface area contributed by atoms with E-state index in [0.29, 0.717) is 23.7 Å². The Morgan fingerprint density at radius 1 is 1.35 bits per heavy atom. The van der Waals surface area contributed by atoms with Gasteiger partial charge in [0.05, 0.1) is 12.7 Å². The number of ether oxygens (including phenoxy) is 1. The highest BCUT2D eigenvalue weighted by Crippen LogP contribution is 2.30. The third-order valence-electron chi connectivity index (χ3n) is 4.66. The molecule has 2 unspecified atom stereocenters. The number of carbonyl (C=O) groups is 1. The molecule has 1 fully saturated rings. The lowest BCUT2D eigenvalue weighted by Gasteiger charge is -2.41. The van der Waals surface area contributed by atoms with Gasteiger partial charge in [0, 0.05) is 30.4 Å². The molecular weight excluding hydrogens is 295 g/mol. The molecule has 1 N–H and O–H groups in total. The van der Waals surface area contributed by atoms with Crippen LogP contribution < -0.4 is 10.2 Å². The number of hydrogen-bond acceptors (Lipinski definition) is 4. The molecule has 1 saturated heterocycles. The quantitative estimate of drug-likeness (QED) is 0.864. The van der Waals surface area contributed by atoms with Crippen LogP contribution in [0.5, 0.6) is 0 Å². The largest absolute Gasteiger partial charge is 0.465 e. The van der Waals surface area contributed by atoms with Crippen LogP contribution in [0.15, 0.2) is 12.1 Å². The van der Waals surface area contributed by atoms with Crippen molar-refractivity contribution in [2.45, 2.75) is 58.7 Å². The summed E-state index contributed by atoms with van der Waals surface area (Å²) in [5, 5.41) is 3.53. The average Bonchev–Trinajstić information content (AvgIpc) is 2.49. The third kappa shape index (κ3) is 3.83. The number of rotatable bonds is 4. The molecule has 1 aromatic rings. The van der Waals surface area contributed by atoms with Gasteiger partial charge in [-0.25, -0.2) is 9.18 Å². The zero-order valence-corrected chi connectivity index (χ0v) is 14.6. The molecule has 0 saturated carbocycles. The Morgan fingerprint density at radius 2 is 1.96 bits per heavy atom. The van der Waals surface area contributed by atoms with Crippen LogP contribution in [0.1, 0.15) is 49.5 Å². The molecule has 0 aromatic heterocycles. The number of halogens is 1. The number of benzene rings is 1. The fraction of sp³-hybridized carbons (Fsp3) is 0.611. The van der Waals surface area contributed by atoms with Gasteiger partial charge in [0.15, 0.2) is 0 Å². The van der Waals surface area contributed by atoms with Gasteiger partial charge in [-0.15, -0.1) is 0 Å². The molecule has 128 valence electrons. The first-order valence-corrected chi connectivity index (χ1v) is 8.28. The highest BCUT2D eigenvalue weighted by Gasteiger charge is 2.29. The van der Waals surface area contributed by atoms with Gasteiger partial charge in [0.25, 0.3) is 0 Å². The predicted molar refractivity (Wildman–Crippen MR) is 90.6 cm³/mol. The van der Waals surface area contributed by atoms with Gasteiger partial charge in [-0.05, 0) is 58.2 Å². The van der Waals surface area contributed by atoms with E-state index in [1.807, 2.05) is 6.92 Å². The predicted octanol–water partition coefficient (Wildman–Crippen LogP) is 3.28. The number of piperidine rings is 1. The molecule has 3 atom stereocenters. The first kappa shape index (κ1) is 17.7. The number of nitrogens with zero attached hydrogens (tertiary/aromatic N) is 1. The molecule has 0 bridgehead atoms. The summed E-state index contributed by atoms with van der Waals surface area (Å²) in [7, 11) is 1.32. The van der Waals surface area contributed by atoms with E-state index in [-0.39, 0.29) is 0 Å². The minimum absolute atomic E-state index is 0.302. The first-order chi connectivity index (χ1) is 10.9. The maximum absolute atomic E-state index is 14.1. The lowest BCUT2D eigenvalue weighted by molar-refractivity contribution is 0.0599. The maximum atomic E-state index is 14.1. The van der Waals surface area contributed by atoms with Crippen LogP contribution in [-0.2, 0) is 4.74 Å². The second-order valence-corrected chi connectivity index (χ2v) is 6.47. The molecule has 1 aliphatic heterocycles. The first-order valence-electron chi connectivity index (χ1n) is 8.28. The van der Waals surface area contributed by atoms with E-state index >= 15 is 0 Å². The molecule has 2 rings (SSSR count). The molecule has 5 heteroatoms. The Morgan fingerprint density at radius 3 is 2.48 bits per heavy atom. The van der Waals surface area contributed by atoms with Gasteiger partial charge < -0.3 is 15.0 Å². The van der Waals surface area contributed by atoms with Crippen molar-refractivity contribution in [2.75, 3.05) is 18.6 Å². The van der Waals surface area contributed by atoms with Gasteiger partial charge in [-0.3, -0.25) is 0 Å². The molecule has 1 aromatic carbocycles. The summed E-state index contributed by atoms with van der Waals surface area (Å²) in [5.74, 6) is -0.897. The van der Waals surface area contributed by atoms with Gasteiger partial charge in [0.1, 0.15) is 5.82 Å². The molecular formula is C18H27FN2O2. The second-order valence-electron chi connectivity index (χ2n) is 6.47. The van der Waals surface area contributed by atoms with Gasteiger partial charge >= 0.3 is 5.97 Å². The fourth-order valence-corrected chi connectivity index (χ4v) is 3.70. The summed E-state index contributed by atoms with van der Waals surface area (Å²) in [5.41, 5.74) is 1.87. The number of methoxy groups -OCH3 is 1. The summed E-state index contributed by atoms with van der Waals surface area (Å²) < 4.78 is 18.9. The molecule has 0 aliphatic carbocycles. The topological polar surface area (TPSA) is 41.6 Å². The van der Waals surface area contributed by atoms with Crippen molar-refractivity contribution in [3.8, 4) is 0 Å². The van der Waals surface area contributed by atoms with E-state index in [1.165, 1.54) is 19.2 Å². The van der Waals surface area contributed by atoms with Crippen LogP contribution in [-0.4, -0.2) is 37.7 Å². The van der Waals surface area contributed by atoms with Crippen molar-refractivity contribution in [3.05, 3.63) is 29.1 Å². The Balaban J connectivity index is 2.41. The van der Waals surface area contributed by atoms with E-state index in [9.17, 15) is 9.18 Å². The molecule has 1 aliphatic rings. The van der Waals surface area contributed by atoms with Crippen molar-refractivity contribution in [3.63, 3.8) is 0 Å². The average molecular weight is 322 g/mol. The SMILES string of the molecule is CCN(c1cc(F)cc(C(=O)OC)c1C)C1CC(C)N[C@H](C)C1. The number of esters is 1. The van der Waals surface area contributed by atoms with E-state index in [1.54, 1.807) is 0 Å². The Bertz CT molecular complexity index is 566. The van der Waals surface area contributed by atoms with E-state index in [0.717, 1.165) is 30.6 Å². The second kappa shape index (κ2) is 7.30. The Hall–Kier alpha value is -1.62. The molecule has 4 nitrogen and oxygen atoms in total. The summed E-state index contributed by atoms with van der Waals surface area (Å²) >= 11 is 0. The highest BCUT2D eigenvalue weighted by molar-refractivity contribution is 5.92. The molecule has 0 spiro atoms. The minimum Gasteiger partial charge on any atom is -0.465 e. The van der Waals surface area contributed by atoms with Crippen molar-refractivity contribution >= 4 is 11.7 Å². The monoisotopic (exact) mass is 322 g/mol. The maximum Gasteiger partial charge on any atom is 0.338 e. The molecule has 23 heavy (non-hydrogen) atoms. The van der Waals surface area contributed by atoms with Gasteiger partial charge in [0.2, 0.25) is 0 Å². The molecule has 0 amide bonds. The van der Waals surface area contributed by atoms with Crippen LogP contribution in [0.25, 0.3) is 0 Å². The van der Waals surface area contributed by atoms with E-state index < -0.39 is 11.8 Å². The van der Waals surface area contributed by atoms with Crippen molar-refractivity contribution in [1.82, 2.24) is 5.32 Å². The van der Waals surface area contributed by atoms with Crippen LogP contribution in [0.2, 0.25) is 0 Å². The third-order valence-corrected chi connectivity index (χ3v) is 4.66. The molecule has 1 heterocycles. The Labute approximate surface area is 138 Å². The summed E-state index contributed by atoms with van der Waals surface area (Å²) in [6.45, 7) is 9.05. The van der Waals surface area contributed by atoms with Crippen molar-refractivity contribution in [2.24, 2.45) is 0 Å². The van der Waals surface area contributed by atoms with Crippen molar-refractivity contribution < 1.29 is 13.9 Å². The number of anilines is 1. The van der Waals surface area contributed by atoms with Crippen LogP contribution in [0, 0.1) is 12.7 Å². The fourth-order valence-electron chi connectivity index (χ4n) is 3.70.